The third-order valence-electron chi connectivity index (χ3n) is 6.00. The van der Waals surface area contributed by atoms with Crippen molar-refractivity contribution in [1.29, 1.82) is 0 Å². The molecule has 0 aromatic heterocycles. The van der Waals surface area contributed by atoms with Crippen molar-refractivity contribution in [2.75, 3.05) is 10.4 Å². The summed E-state index contributed by atoms with van der Waals surface area (Å²) >= 11 is 0. The number of nitrogens with one attached hydrogen (secondary N) is 2. The van der Waals surface area contributed by atoms with E-state index in [4.69, 9.17) is 0 Å². The van der Waals surface area contributed by atoms with Gasteiger partial charge < -0.3 is 5.32 Å². The maximum absolute atomic E-state index is 13.5. The van der Waals surface area contributed by atoms with Gasteiger partial charge in [-0.3, -0.25) is 15.0 Å². The molecule has 0 fully saturated rings. The standard InChI is InChI=1S/C27H29N3O2/c1-3-20-13-8-9-16-24(20)29-30-26-21(4-2)14-10-15-22(26)23(27(30)32)17-25(31)28-18-19-11-6-5-7-12-19/h5-16,23,29H,3-4,17-18H2,1-2H3,(H,28,31). The van der Waals surface area contributed by atoms with Crippen LogP contribution in [0, 0.1) is 0 Å². The van der Waals surface area contributed by atoms with Gasteiger partial charge in [-0.25, -0.2) is 5.01 Å². The molecule has 0 radical (unpaired) electrons. The summed E-state index contributed by atoms with van der Waals surface area (Å²) in [5.74, 6) is -0.730. The summed E-state index contributed by atoms with van der Waals surface area (Å²) in [4.78, 5) is 26.3. The van der Waals surface area contributed by atoms with E-state index in [-0.39, 0.29) is 18.2 Å². The quantitative estimate of drug-likeness (QED) is 0.533. The number of hydrogen-bond acceptors (Lipinski definition) is 3. The number of carbonyl (C=O) groups is 2. The third kappa shape index (κ3) is 4.37. The van der Waals surface area contributed by atoms with Crippen LogP contribution in [0.5, 0.6) is 0 Å². The van der Waals surface area contributed by atoms with Crippen LogP contribution in [-0.4, -0.2) is 11.8 Å². The van der Waals surface area contributed by atoms with Gasteiger partial charge >= 0.3 is 0 Å². The Morgan fingerprint density at radius 1 is 0.875 bits per heavy atom. The Hall–Kier alpha value is -3.60. The number of anilines is 2. The van der Waals surface area contributed by atoms with Gasteiger partial charge in [0, 0.05) is 13.0 Å². The number of amides is 2. The molecule has 0 saturated carbocycles. The van der Waals surface area contributed by atoms with Crippen molar-refractivity contribution in [3.63, 3.8) is 0 Å². The second kappa shape index (κ2) is 9.69. The summed E-state index contributed by atoms with van der Waals surface area (Å²) < 4.78 is 0. The van der Waals surface area contributed by atoms with Crippen molar-refractivity contribution in [1.82, 2.24) is 5.32 Å². The number of para-hydroxylation sites is 2. The van der Waals surface area contributed by atoms with Crippen molar-refractivity contribution in [2.24, 2.45) is 0 Å². The smallest absolute Gasteiger partial charge is 0.253 e. The molecule has 5 heteroatoms. The van der Waals surface area contributed by atoms with Gasteiger partial charge in [0.05, 0.1) is 17.3 Å². The minimum Gasteiger partial charge on any atom is -0.352 e. The highest BCUT2D eigenvalue weighted by atomic mass is 16.2. The zero-order valence-electron chi connectivity index (χ0n) is 18.6. The molecule has 3 aromatic carbocycles. The van der Waals surface area contributed by atoms with Gasteiger partial charge in [-0.05, 0) is 41.2 Å². The maximum atomic E-state index is 13.5. The molecule has 2 amide bonds. The molecule has 32 heavy (non-hydrogen) atoms. The molecule has 0 bridgehead atoms. The molecule has 0 saturated heterocycles. The highest BCUT2D eigenvalue weighted by Gasteiger charge is 2.40. The van der Waals surface area contributed by atoms with Gasteiger partial charge in [-0.1, -0.05) is 80.6 Å². The van der Waals surface area contributed by atoms with Gasteiger partial charge in [-0.2, -0.15) is 0 Å². The first kappa shape index (κ1) is 21.6. The van der Waals surface area contributed by atoms with Crippen molar-refractivity contribution in [3.05, 3.63) is 95.1 Å². The molecular formula is C27H29N3O2. The maximum Gasteiger partial charge on any atom is 0.253 e. The zero-order valence-corrected chi connectivity index (χ0v) is 18.6. The molecule has 164 valence electrons. The molecular weight excluding hydrogens is 398 g/mol. The summed E-state index contributed by atoms with van der Waals surface area (Å²) in [6.07, 6.45) is 1.79. The minimum atomic E-state index is -0.506. The van der Waals surface area contributed by atoms with Crippen LogP contribution in [0.1, 0.15) is 48.4 Å². The monoisotopic (exact) mass is 427 g/mol. The lowest BCUT2D eigenvalue weighted by Crippen LogP contribution is -2.36. The van der Waals surface area contributed by atoms with E-state index in [1.54, 1.807) is 5.01 Å². The van der Waals surface area contributed by atoms with Crippen LogP contribution < -0.4 is 15.8 Å². The highest BCUT2D eigenvalue weighted by Crippen LogP contribution is 2.42. The van der Waals surface area contributed by atoms with Crippen LogP contribution in [-0.2, 0) is 29.0 Å². The van der Waals surface area contributed by atoms with Crippen molar-refractivity contribution < 1.29 is 9.59 Å². The van der Waals surface area contributed by atoms with E-state index in [0.29, 0.717) is 6.54 Å². The van der Waals surface area contributed by atoms with E-state index in [1.165, 1.54) is 0 Å². The lowest BCUT2D eigenvalue weighted by molar-refractivity contribution is -0.126. The molecule has 1 aliphatic heterocycles. The Kier molecular flexibility index (Phi) is 6.55. The van der Waals surface area contributed by atoms with E-state index in [1.807, 2.05) is 66.7 Å². The van der Waals surface area contributed by atoms with Crippen molar-refractivity contribution in [3.8, 4) is 0 Å². The number of aryl methyl sites for hydroxylation is 2. The topological polar surface area (TPSA) is 61.4 Å². The van der Waals surface area contributed by atoms with Gasteiger partial charge in [-0.15, -0.1) is 0 Å². The van der Waals surface area contributed by atoms with Crippen LogP contribution in [0.3, 0.4) is 0 Å². The van der Waals surface area contributed by atoms with Gasteiger partial charge in [0.2, 0.25) is 5.91 Å². The lowest BCUT2D eigenvalue weighted by Gasteiger charge is -2.23. The number of benzene rings is 3. The number of nitrogens with zero attached hydrogens (tertiary/aromatic N) is 1. The predicted molar refractivity (Wildman–Crippen MR) is 128 cm³/mol. The van der Waals surface area contributed by atoms with Crippen LogP contribution in [0.15, 0.2) is 72.8 Å². The fourth-order valence-corrected chi connectivity index (χ4v) is 4.27. The van der Waals surface area contributed by atoms with Gasteiger partial charge in [0.1, 0.15) is 0 Å². The summed E-state index contributed by atoms with van der Waals surface area (Å²) in [7, 11) is 0. The number of fused-ring (bicyclic) bond motifs is 1. The van der Waals surface area contributed by atoms with Crippen LogP contribution in [0.2, 0.25) is 0 Å². The van der Waals surface area contributed by atoms with Crippen molar-refractivity contribution >= 4 is 23.2 Å². The van der Waals surface area contributed by atoms with Crippen LogP contribution in [0.4, 0.5) is 11.4 Å². The third-order valence-corrected chi connectivity index (χ3v) is 6.00. The summed E-state index contributed by atoms with van der Waals surface area (Å²) in [6.45, 7) is 4.63. The number of hydrogen-bond donors (Lipinski definition) is 2. The average Bonchev–Trinajstić information content (AvgIpc) is 3.09. The fraction of sp³-hybridized carbons (Fsp3) is 0.259. The second-order valence-corrected chi connectivity index (χ2v) is 8.02. The number of carbonyl (C=O) groups excluding carboxylic acids is 2. The largest absolute Gasteiger partial charge is 0.352 e. The molecule has 4 rings (SSSR count). The molecule has 1 heterocycles. The predicted octanol–water partition coefficient (Wildman–Crippen LogP) is 4.98. The Labute approximate surface area is 189 Å². The lowest BCUT2D eigenvalue weighted by atomic mass is 9.94. The summed E-state index contributed by atoms with van der Waals surface area (Å²) in [5.41, 5.74) is 9.32. The molecule has 5 nitrogen and oxygen atoms in total. The molecule has 3 aromatic rings. The van der Waals surface area contributed by atoms with Crippen LogP contribution >= 0.6 is 0 Å². The molecule has 0 aliphatic carbocycles. The first-order valence-electron chi connectivity index (χ1n) is 11.2. The molecule has 1 aliphatic rings. The average molecular weight is 428 g/mol. The minimum absolute atomic E-state index is 0.0957. The summed E-state index contributed by atoms with van der Waals surface area (Å²) in [6, 6.07) is 23.8. The Morgan fingerprint density at radius 3 is 2.31 bits per heavy atom. The first-order valence-corrected chi connectivity index (χ1v) is 11.2. The normalized spacial score (nSPS) is 14.9. The van der Waals surface area contributed by atoms with E-state index in [9.17, 15) is 9.59 Å². The molecule has 0 spiro atoms. The highest BCUT2D eigenvalue weighted by molar-refractivity contribution is 6.08. The fourth-order valence-electron chi connectivity index (χ4n) is 4.27. The number of hydrazine groups is 1. The van der Waals surface area contributed by atoms with Gasteiger partial charge in [0.15, 0.2) is 0 Å². The SMILES string of the molecule is CCc1ccccc1NN1C(=O)C(CC(=O)NCc2ccccc2)c2cccc(CC)c21. The van der Waals surface area contributed by atoms with E-state index in [0.717, 1.165) is 46.5 Å². The van der Waals surface area contributed by atoms with Gasteiger partial charge in [0.25, 0.3) is 5.91 Å². The van der Waals surface area contributed by atoms with E-state index in [2.05, 4.69) is 30.7 Å². The number of rotatable bonds is 8. The summed E-state index contributed by atoms with van der Waals surface area (Å²) in [5, 5.41) is 4.61. The molecule has 1 atom stereocenters. The molecule has 1 unspecified atom stereocenters. The van der Waals surface area contributed by atoms with E-state index >= 15 is 0 Å². The first-order chi connectivity index (χ1) is 15.6. The Balaban J connectivity index is 1.58. The zero-order chi connectivity index (χ0) is 22.5. The Bertz CT molecular complexity index is 1110. The van der Waals surface area contributed by atoms with Crippen molar-refractivity contribution in [2.45, 2.75) is 45.6 Å². The Morgan fingerprint density at radius 2 is 1.56 bits per heavy atom. The molecule has 2 N–H and O–H groups in total. The van der Waals surface area contributed by atoms with Crippen LogP contribution in [0.25, 0.3) is 0 Å². The second-order valence-electron chi connectivity index (χ2n) is 8.02. The van der Waals surface area contributed by atoms with E-state index < -0.39 is 5.92 Å².